The predicted octanol–water partition coefficient (Wildman–Crippen LogP) is 1.86. The molecule has 0 radical (unpaired) electrons. The van der Waals surface area contributed by atoms with E-state index in [4.69, 9.17) is 4.74 Å². The molecule has 1 aromatic carbocycles. The van der Waals surface area contributed by atoms with Crippen molar-refractivity contribution in [1.29, 1.82) is 0 Å². The second kappa shape index (κ2) is 6.89. The molecular weight excluding hydrogens is 240 g/mol. The highest BCUT2D eigenvalue weighted by Gasteiger charge is 1.99. The molecule has 0 spiro atoms. The molecule has 1 heterocycles. The van der Waals surface area contributed by atoms with E-state index < -0.39 is 0 Å². The van der Waals surface area contributed by atoms with Crippen LogP contribution >= 0.6 is 0 Å². The van der Waals surface area contributed by atoms with Crippen molar-refractivity contribution in [2.45, 2.75) is 33.0 Å². The van der Waals surface area contributed by atoms with Crippen molar-refractivity contribution in [3.63, 3.8) is 0 Å². The largest absolute Gasteiger partial charge is 0.491 e. The molecule has 102 valence electrons. The average molecular weight is 260 g/mol. The minimum Gasteiger partial charge on any atom is -0.491 e. The van der Waals surface area contributed by atoms with E-state index in [1.807, 2.05) is 36.9 Å². The Morgan fingerprint density at radius 2 is 2.26 bits per heavy atom. The van der Waals surface area contributed by atoms with Gasteiger partial charge in [0.15, 0.2) is 0 Å². The van der Waals surface area contributed by atoms with Crippen LogP contribution in [0.25, 0.3) is 0 Å². The molecule has 2 rings (SSSR count). The van der Waals surface area contributed by atoms with Gasteiger partial charge in [-0.15, -0.1) is 5.10 Å². The Morgan fingerprint density at radius 1 is 1.37 bits per heavy atom. The van der Waals surface area contributed by atoms with Crippen LogP contribution in [0.4, 0.5) is 0 Å². The summed E-state index contributed by atoms with van der Waals surface area (Å²) in [4.78, 5) is 0. The third kappa shape index (κ3) is 4.71. The van der Waals surface area contributed by atoms with Crippen molar-refractivity contribution in [1.82, 2.24) is 20.3 Å². The van der Waals surface area contributed by atoms with Gasteiger partial charge in [0.2, 0.25) is 0 Å². The normalized spacial score (nSPS) is 10.9. The first-order chi connectivity index (χ1) is 9.24. The number of benzene rings is 1. The fraction of sp³-hybridized carbons (Fsp3) is 0.429. The van der Waals surface area contributed by atoms with E-state index in [1.165, 1.54) is 5.56 Å². The van der Waals surface area contributed by atoms with Crippen molar-refractivity contribution in [3.05, 3.63) is 42.2 Å². The van der Waals surface area contributed by atoms with Gasteiger partial charge in [-0.1, -0.05) is 17.3 Å². The van der Waals surface area contributed by atoms with E-state index in [2.05, 4.69) is 27.8 Å². The number of rotatable bonds is 7. The molecule has 0 aliphatic heterocycles. The van der Waals surface area contributed by atoms with Crippen LogP contribution in [0.1, 0.15) is 19.4 Å². The van der Waals surface area contributed by atoms with Crippen molar-refractivity contribution >= 4 is 0 Å². The topological polar surface area (TPSA) is 52.0 Å². The van der Waals surface area contributed by atoms with Gasteiger partial charge in [0.05, 0.1) is 18.8 Å². The Balaban J connectivity index is 1.76. The standard InChI is InChI=1S/C14H20N4O/c1-12(2)19-14-5-3-4-13(10-14)11-15-6-8-18-9-7-16-17-18/h3-5,7,9-10,12,15H,6,8,11H2,1-2H3. The molecule has 1 N–H and O–H groups in total. The molecule has 19 heavy (non-hydrogen) atoms. The third-order valence-electron chi connectivity index (χ3n) is 2.59. The van der Waals surface area contributed by atoms with Gasteiger partial charge in [-0.25, -0.2) is 0 Å². The second-order valence-corrected chi connectivity index (χ2v) is 4.66. The minimum absolute atomic E-state index is 0.204. The molecule has 0 atom stereocenters. The summed E-state index contributed by atoms with van der Waals surface area (Å²) in [7, 11) is 0. The van der Waals surface area contributed by atoms with Crippen LogP contribution in [0.15, 0.2) is 36.7 Å². The van der Waals surface area contributed by atoms with Gasteiger partial charge in [0, 0.05) is 19.3 Å². The predicted molar refractivity (Wildman–Crippen MR) is 73.9 cm³/mol. The Hall–Kier alpha value is -1.88. The number of nitrogens with one attached hydrogen (secondary N) is 1. The number of hydrogen-bond acceptors (Lipinski definition) is 4. The Bertz CT molecular complexity index is 482. The summed E-state index contributed by atoms with van der Waals surface area (Å²) < 4.78 is 7.48. The third-order valence-corrected chi connectivity index (χ3v) is 2.59. The molecule has 0 amide bonds. The van der Waals surface area contributed by atoms with Crippen LogP contribution in [0, 0.1) is 0 Å². The molecule has 0 aliphatic carbocycles. The minimum atomic E-state index is 0.204. The Labute approximate surface area is 113 Å². The first kappa shape index (κ1) is 13.5. The van der Waals surface area contributed by atoms with Gasteiger partial charge in [0.25, 0.3) is 0 Å². The molecule has 0 saturated carbocycles. The highest BCUT2D eigenvalue weighted by atomic mass is 16.5. The quantitative estimate of drug-likeness (QED) is 0.772. The molecule has 5 nitrogen and oxygen atoms in total. The van der Waals surface area contributed by atoms with Crippen LogP contribution in [-0.4, -0.2) is 27.6 Å². The summed E-state index contributed by atoms with van der Waals surface area (Å²) in [6.07, 6.45) is 3.75. The van der Waals surface area contributed by atoms with Crippen LogP contribution < -0.4 is 10.1 Å². The first-order valence-corrected chi connectivity index (χ1v) is 6.54. The monoisotopic (exact) mass is 260 g/mol. The average Bonchev–Trinajstić information content (AvgIpc) is 2.87. The summed E-state index contributed by atoms with van der Waals surface area (Å²) in [5, 5.41) is 11.1. The van der Waals surface area contributed by atoms with Crippen molar-refractivity contribution in [2.24, 2.45) is 0 Å². The van der Waals surface area contributed by atoms with Gasteiger partial charge >= 0.3 is 0 Å². The Morgan fingerprint density at radius 3 is 3.00 bits per heavy atom. The number of nitrogens with zero attached hydrogens (tertiary/aromatic N) is 3. The van der Waals surface area contributed by atoms with Gasteiger partial charge < -0.3 is 10.1 Å². The lowest BCUT2D eigenvalue weighted by Gasteiger charge is -2.11. The zero-order chi connectivity index (χ0) is 13.5. The number of ether oxygens (including phenoxy) is 1. The molecule has 2 aromatic rings. The van der Waals surface area contributed by atoms with Crippen molar-refractivity contribution in [2.75, 3.05) is 6.54 Å². The number of hydrogen-bond donors (Lipinski definition) is 1. The van der Waals surface area contributed by atoms with E-state index in [0.717, 1.165) is 25.4 Å². The van der Waals surface area contributed by atoms with Crippen molar-refractivity contribution in [3.8, 4) is 5.75 Å². The van der Waals surface area contributed by atoms with Crippen LogP contribution in [-0.2, 0) is 13.1 Å². The molecule has 1 aromatic heterocycles. The summed E-state index contributed by atoms with van der Waals surface area (Å²) >= 11 is 0. The molecule has 0 fully saturated rings. The fourth-order valence-corrected chi connectivity index (χ4v) is 1.78. The molecule has 0 aliphatic rings. The van der Waals surface area contributed by atoms with E-state index >= 15 is 0 Å². The maximum Gasteiger partial charge on any atom is 0.120 e. The zero-order valence-electron chi connectivity index (χ0n) is 11.4. The van der Waals surface area contributed by atoms with Crippen LogP contribution in [0.5, 0.6) is 5.75 Å². The summed E-state index contributed by atoms with van der Waals surface area (Å²) in [6.45, 7) is 6.57. The van der Waals surface area contributed by atoms with Crippen LogP contribution in [0.3, 0.4) is 0 Å². The van der Waals surface area contributed by atoms with E-state index in [1.54, 1.807) is 6.20 Å². The van der Waals surface area contributed by atoms with Gasteiger partial charge in [-0.2, -0.15) is 0 Å². The SMILES string of the molecule is CC(C)Oc1cccc(CNCCn2ccnn2)c1. The second-order valence-electron chi connectivity index (χ2n) is 4.66. The van der Waals surface area contributed by atoms with E-state index in [9.17, 15) is 0 Å². The maximum atomic E-state index is 5.67. The zero-order valence-corrected chi connectivity index (χ0v) is 11.4. The summed E-state index contributed by atoms with van der Waals surface area (Å²) in [5.74, 6) is 0.922. The smallest absolute Gasteiger partial charge is 0.120 e. The fourth-order valence-electron chi connectivity index (χ4n) is 1.78. The summed E-state index contributed by atoms with van der Waals surface area (Å²) in [5.41, 5.74) is 1.22. The van der Waals surface area contributed by atoms with Crippen molar-refractivity contribution < 1.29 is 4.74 Å². The molecule has 0 unspecified atom stereocenters. The van der Waals surface area contributed by atoms with Crippen LogP contribution in [0.2, 0.25) is 0 Å². The van der Waals surface area contributed by atoms with Gasteiger partial charge in [-0.05, 0) is 31.5 Å². The summed E-state index contributed by atoms with van der Waals surface area (Å²) in [6, 6.07) is 8.17. The first-order valence-electron chi connectivity index (χ1n) is 6.54. The molecule has 5 heteroatoms. The molecule has 0 bridgehead atoms. The highest BCUT2D eigenvalue weighted by molar-refractivity contribution is 5.28. The van der Waals surface area contributed by atoms with E-state index in [-0.39, 0.29) is 6.10 Å². The van der Waals surface area contributed by atoms with Gasteiger partial charge in [0.1, 0.15) is 5.75 Å². The molecule has 0 saturated heterocycles. The van der Waals surface area contributed by atoms with E-state index in [0.29, 0.717) is 0 Å². The molecular formula is C14H20N4O. The van der Waals surface area contributed by atoms with Gasteiger partial charge in [-0.3, -0.25) is 4.68 Å². The lowest BCUT2D eigenvalue weighted by atomic mass is 10.2. The number of aromatic nitrogens is 3. The lowest BCUT2D eigenvalue weighted by molar-refractivity contribution is 0.242. The Kier molecular flexibility index (Phi) is 4.92. The lowest BCUT2D eigenvalue weighted by Crippen LogP contribution is -2.19. The highest BCUT2D eigenvalue weighted by Crippen LogP contribution is 2.14. The maximum absolute atomic E-state index is 5.67.